The molecule has 3 aliphatic rings. The Labute approximate surface area is 197 Å². The predicted molar refractivity (Wildman–Crippen MR) is 125 cm³/mol. The number of nitrogens with zero attached hydrogens (tertiary/aromatic N) is 4. The maximum absolute atomic E-state index is 15.7. The number of halogens is 1. The maximum Gasteiger partial charge on any atom is 0.329 e. The van der Waals surface area contributed by atoms with Crippen molar-refractivity contribution in [2.45, 2.75) is 50.7 Å². The molecule has 2 aromatic rings. The molecule has 4 heterocycles. The lowest BCUT2D eigenvalue weighted by Gasteiger charge is -2.37. The molecule has 10 heteroatoms. The molecule has 3 aliphatic heterocycles. The number of carbonyl (C=O) groups excluding carboxylic acids is 2. The second kappa shape index (κ2) is 9.14. The number of aliphatic hydroxyl groups is 1. The number of fused-ring (bicyclic) bond motifs is 1. The van der Waals surface area contributed by atoms with Crippen molar-refractivity contribution >= 4 is 28.5 Å². The van der Waals surface area contributed by atoms with E-state index in [9.17, 15) is 19.5 Å². The molecule has 184 valence electrons. The molecule has 1 unspecified atom stereocenters. The first-order valence-electron chi connectivity index (χ1n) is 12.2. The van der Waals surface area contributed by atoms with Crippen LogP contribution in [0.4, 0.5) is 10.1 Å². The minimum absolute atomic E-state index is 0.146. The highest BCUT2D eigenvalue weighted by Gasteiger charge is 2.33. The van der Waals surface area contributed by atoms with E-state index >= 15 is 4.39 Å². The fourth-order valence-electron chi connectivity index (χ4n) is 5.71. The van der Waals surface area contributed by atoms with Gasteiger partial charge in [0.05, 0.1) is 17.3 Å². The van der Waals surface area contributed by atoms with Crippen LogP contribution in [-0.2, 0) is 16.6 Å². The molecule has 0 saturated carbocycles. The van der Waals surface area contributed by atoms with Gasteiger partial charge in [0.15, 0.2) is 5.82 Å². The standard InChI is InChI=1S/C24H32FN5O4/c1-27-22-18(30(24(27)34)19-4-5-20(32)26-23(19)33)3-2-17(21(22)25)29-12-6-15(7-13-29)14-28-10-8-16(31)9-11-28/h2-3,15-16,19,31H,4-14H2,1H3,(H,26,32,33). The first-order chi connectivity index (χ1) is 16.3. The first kappa shape index (κ1) is 23.0. The minimum Gasteiger partial charge on any atom is -0.393 e. The molecule has 5 rings (SSSR count). The van der Waals surface area contributed by atoms with Crippen molar-refractivity contribution < 1.29 is 19.1 Å². The first-order valence-corrected chi connectivity index (χ1v) is 12.2. The van der Waals surface area contributed by atoms with Gasteiger partial charge in [-0.3, -0.25) is 24.0 Å². The third kappa shape index (κ3) is 4.13. The molecular weight excluding hydrogens is 441 g/mol. The van der Waals surface area contributed by atoms with Gasteiger partial charge < -0.3 is 14.9 Å². The number of nitrogens with one attached hydrogen (secondary N) is 1. The van der Waals surface area contributed by atoms with Gasteiger partial charge in [0.25, 0.3) is 0 Å². The number of aromatic nitrogens is 2. The monoisotopic (exact) mass is 473 g/mol. The number of aryl methyl sites for hydroxylation is 1. The number of piperidine rings is 3. The zero-order chi connectivity index (χ0) is 24.0. The summed E-state index contributed by atoms with van der Waals surface area (Å²) < 4.78 is 18.3. The molecule has 2 N–H and O–H groups in total. The Morgan fingerprint density at radius 2 is 1.74 bits per heavy atom. The van der Waals surface area contributed by atoms with Gasteiger partial charge in [0.1, 0.15) is 11.6 Å². The Bertz CT molecular complexity index is 1160. The van der Waals surface area contributed by atoms with E-state index in [1.165, 1.54) is 16.2 Å². The lowest BCUT2D eigenvalue weighted by atomic mass is 9.94. The summed E-state index contributed by atoms with van der Waals surface area (Å²) in [6.07, 6.45) is 3.79. The molecule has 3 saturated heterocycles. The molecule has 0 spiro atoms. The second-order valence-corrected chi connectivity index (χ2v) is 9.91. The van der Waals surface area contributed by atoms with Gasteiger partial charge in [-0.15, -0.1) is 0 Å². The van der Waals surface area contributed by atoms with E-state index in [-0.39, 0.29) is 30.4 Å². The van der Waals surface area contributed by atoms with Crippen LogP contribution >= 0.6 is 0 Å². The zero-order valence-corrected chi connectivity index (χ0v) is 19.5. The van der Waals surface area contributed by atoms with Crippen LogP contribution in [0.3, 0.4) is 0 Å². The summed E-state index contributed by atoms with van der Waals surface area (Å²) in [6.45, 7) is 4.37. The zero-order valence-electron chi connectivity index (χ0n) is 19.5. The largest absolute Gasteiger partial charge is 0.393 e. The van der Waals surface area contributed by atoms with E-state index < -0.39 is 23.5 Å². The van der Waals surface area contributed by atoms with Crippen LogP contribution in [0.1, 0.15) is 44.6 Å². The summed E-state index contributed by atoms with van der Waals surface area (Å²) in [4.78, 5) is 41.3. The number of benzene rings is 1. The SMILES string of the molecule is Cn1c(=O)n(C2CCC(=O)NC2=O)c2ccc(N3CCC(CN4CCC(O)CC4)CC3)c(F)c21. The van der Waals surface area contributed by atoms with E-state index in [0.717, 1.165) is 58.4 Å². The van der Waals surface area contributed by atoms with Crippen LogP contribution in [0.5, 0.6) is 0 Å². The normalized spacial score (nSPS) is 23.6. The van der Waals surface area contributed by atoms with Gasteiger partial charge in [-0.2, -0.15) is 0 Å². The van der Waals surface area contributed by atoms with Crippen LogP contribution < -0.4 is 15.9 Å². The average molecular weight is 474 g/mol. The fourth-order valence-corrected chi connectivity index (χ4v) is 5.71. The van der Waals surface area contributed by atoms with Gasteiger partial charge in [-0.1, -0.05) is 0 Å². The van der Waals surface area contributed by atoms with Crippen LogP contribution in [0.25, 0.3) is 11.0 Å². The number of hydrogen-bond acceptors (Lipinski definition) is 6. The van der Waals surface area contributed by atoms with Gasteiger partial charge in [-0.05, 0) is 50.2 Å². The van der Waals surface area contributed by atoms with Crippen molar-refractivity contribution in [3.8, 4) is 0 Å². The number of anilines is 1. The van der Waals surface area contributed by atoms with Crippen LogP contribution in [-0.4, -0.2) is 69.8 Å². The number of amides is 2. The summed E-state index contributed by atoms with van der Waals surface area (Å²) in [5.74, 6) is -0.784. The molecule has 2 amide bonds. The molecule has 1 atom stereocenters. The molecule has 3 fully saturated rings. The number of imidazole rings is 1. The van der Waals surface area contributed by atoms with Gasteiger partial charge in [0.2, 0.25) is 11.8 Å². The van der Waals surface area contributed by atoms with Gasteiger partial charge >= 0.3 is 5.69 Å². The summed E-state index contributed by atoms with van der Waals surface area (Å²) in [5.41, 5.74) is 0.556. The highest BCUT2D eigenvalue weighted by molar-refractivity contribution is 6.00. The lowest BCUT2D eigenvalue weighted by molar-refractivity contribution is -0.135. The maximum atomic E-state index is 15.7. The van der Waals surface area contributed by atoms with Crippen molar-refractivity contribution in [3.63, 3.8) is 0 Å². The third-order valence-corrected chi connectivity index (χ3v) is 7.71. The topological polar surface area (TPSA) is 99.8 Å². The van der Waals surface area contributed by atoms with E-state index in [1.807, 2.05) is 4.90 Å². The smallest absolute Gasteiger partial charge is 0.329 e. The Hall–Kier alpha value is -2.72. The lowest BCUT2D eigenvalue weighted by Crippen LogP contribution is -2.44. The number of imide groups is 1. The molecule has 9 nitrogen and oxygen atoms in total. The summed E-state index contributed by atoms with van der Waals surface area (Å²) in [6, 6.07) is 2.58. The Morgan fingerprint density at radius 3 is 2.41 bits per heavy atom. The predicted octanol–water partition coefficient (Wildman–Crippen LogP) is 1.13. The Kier molecular flexibility index (Phi) is 6.20. The second-order valence-electron chi connectivity index (χ2n) is 9.91. The van der Waals surface area contributed by atoms with Crippen molar-refractivity contribution in [1.82, 2.24) is 19.4 Å². The molecule has 0 bridgehead atoms. The van der Waals surface area contributed by atoms with Crippen molar-refractivity contribution in [3.05, 3.63) is 28.4 Å². The number of hydrogen-bond donors (Lipinski definition) is 2. The van der Waals surface area contributed by atoms with Crippen molar-refractivity contribution in [2.24, 2.45) is 13.0 Å². The highest BCUT2D eigenvalue weighted by atomic mass is 19.1. The van der Waals surface area contributed by atoms with E-state index in [1.54, 1.807) is 12.1 Å². The van der Waals surface area contributed by atoms with Crippen molar-refractivity contribution in [1.29, 1.82) is 0 Å². The summed E-state index contributed by atoms with van der Waals surface area (Å²) in [7, 11) is 1.52. The minimum atomic E-state index is -0.828. The number of carbonyl (C=O) groups is 2. The van der Waals surface area contributed by atoms with Gasteiger partial charge in [-0.25, -0.2) is 9.18 Å². The van der Waals surface area contributed by atoms with Crippen LogP contribution in [0.2, 0.25) is 0 Å². The number of aliphatic hydroxyl groups excluding tert-OH is 1. The third-order valence-electron chi connectivity index (χ3n) is 7.71. The summed E-state index contributed by atoms with van der Waals surface area (Å²) >= 11 is 0. The fraction of sp³-hybridized carbons (Fsp3) is 0.625. The van der Waals surface area contributed by atoms with Crippen LogP contribution in [0.15, 0.2) is 16.9 Å². The number of likely N-dealkylation sites (tertiary alicyclic amines) is 1. The Balaban J connectivity index is 1.34. The molecule has 1 aromatic heterocycles. The number of rotatable bonds is 4. The van der Waals surface area contributed by atoms with E-state index in [4.69, 9.17) is 0 Å². The quantitative estimate of drug-likeness (QED) is 0.646. The molecular formula is C24H32FN5O4. The molecule has 0 aliphatic carbocycles. The van der Waals surface area contributed by atoms with Crippen molar-refractivity contribution in [2.75, 3.05) is 37.6 Å². The van der Waals surface area contributed by atoms with E-state index in [2.05, 4.69) is 10.2 Å². The van der Waals surface area contributed by atoms with Crippen LogP contribution in [0, 0.1) is 11.7 Å². The average Bonchev–Trinajstić information content (AvgIpc) is 3.07. The summed E-state index contributed by atoms with van der Waals surface area (Å²) in [5, 5.41) is 12.0. The molecule has 34 heavy (non-hydrogen) atoms. The molecule has 0 radical (unpaired) electrons. The highest BCUT2D eigenvalue weighted by Crippen LogP contribution is 2.32. The van der Waals surface area contributed by atoms with E-state index in [0.29, 0.717) is 17.1 Å². The Morgan fingerprint density at radius 1 is 1.03 bits per heavy atom. The molecule has 1 aromatic carbocycles. The van der Waals surface area contributed by atoms with Gasteiger partial charge in [0, 0.05) is 46.2 Å².